The first-order valence-corrected chi connectivity index (χ1v) is 7.62. The number of pyridine rings is 1. The van der Waals surface area contributed by atoms with E-state index in [1.54, 1.807) is 12.3 Å². The number of carbonyl (C=O) groups excluding carboxylic acids is 1. The number of aromatic nitrogens is 1. The van der Waals surface area contributed by atoms with Crippen molar-refractivity contribution in [3.63, 3.8) is 0 Å². The van der Waals surface area contributed by atoms with Crippen molar-refractivity contribution in [2.24, 2.45) is 0 Å². The Morgan fingerprint density at radius 1 is 1.27 bits per heavy atom. The maximum atomic E-state index is 11.9. The molecule has 0 aliphatic carbocycles. The summed E-state index contributed by atoms with van der Waals surface area (Å²) in [5.74, 6) is -0.327. The van der Waals surface area contributed by atoms with Crippen LogP contribution in [0.5, 0.6) is 0 Å². The van der Waals surface area contributed by atoms with Crippen molar-refractivity contribution in [1.29, 1.82) is 0 Å². The molecular formula is C16H17BrN2O3. The van der Waals surface area contributed by atoms with Gasteiger partial charge in [-0.05, 0) is 34.5 Å². The minimum atomic E-state index is -0.774. The molecule has 1 heterocycles. The number of nitrogens with zero attached hydrogens (tertiary/aromatic N) is 1. The van der Waals surface area contributed by atoms with Gasteiger partial charge in [-0.1, -0.05) is 29.8 Å². The van der Waals surface area contributed by atoms with Crippen molar-refractivity contribution in [2.45, 2.75) is 19.6 Å². The van der Waals surface area contributed by atoms with Crippen molar-refractivity contribution in [3.8, 4) is 0 Å². The van der Waals surface area contributed by atoms with E-state index in [1.807, 2.05) is 31.2 Å². The predicted octanol–water partition coefficient (Wildman–Crippen LogP) is 1.77. The standard InChI is InChI=1S/C16H17BrN2O3/c1-11-2-4-12(5-3-11)14(20)8-18-15(21)10-19-9-13(17)6-7-16(19)22/h2-7,9,14,20H,8,10H2,1H3,(H,18,21)/t14-/m1/s1. The number of rotatable bonds is 5. The Hall–Kier alpha value is -1.92. The lowest BCUT2D eigenvalue weighted by Crippen LogP contribution is -2.34. The third kappa shape index (κ3) is 4.54. The van der Waals surface area contributed by atoms with Gasteiger partial charge in [-0.15, -0.1) is 0 Å². The number of benzene rings is 1. The summed E-state index contributed by atoms with van der Waals surface area (Å²) in [5, 5.41) is 12.7. The smallest absolute Gasteiger partial charge is 0.251 e. The van der Waals surface area contributed by atoms with Crippen LogP contribution < -0.4 is 10.9 Å². The van der Waals surface area contributed by atoms with Gasteiger partial charge in [0, 0.05) is 23.3 Å². The lowest BCUT2D eigenvalue weighted by atomic mass is 10.1. The molecule has 0 aliphatic rings. The second-order valence-corrected chi connectivity index (χ2v) is 5.96. The molecule has 5 nitrogen and oxygen atoms in total. The summed E-state index contributed by atoms with van der Waals surface area (Å²) in [7, 11) is 0. The third-order valence-electron chi connectivity index (χ3n) is 3.22. The molecule has 1 aromatic heterocycles. The van der Waals surface area contributed by atoms with Crippen LogP contribution in [0.25, 0.3) is 0 Å². The lowest BCUT2D eigenvalue weighted by Gasteiger charge is -2.13. The zero-order chi connectivity index (χ0) is 16.1. The van der Waals surface area contributed by atoms with E-state index in [4.69, 9.17) is 0 Å². The lowest BCUT2D eigenvalue weighted by molar-refractivity contribution is -0.122. The average Bonchev–Trinajstić information content (AvgIpc) is 2.49. The second-order valence-electron chi connectivity index (χ2n) is 5.04. The van der Waals surface area contributed by atoms with E-state index in [0.29, 0.717) is 0 Å². The van der Waals surface area contributed by atoms with Crippen LogP contribution in [0, 0.1) is 6.92 Å². The highest BCUT2D eigenvalue weighted by molar-refractivity contribution is 9.10. The SMILES string of the molecule is Cc1ccc([C@H](O)CNC(=O)Cn2cc(Br)ccc2=O)cc1. The number of aliphatic hydroxyl groups excluding tert-OH is 1. The minimum absolute atomic E-state index is 0.0844. The van der Waals surface area contributed by atoms with Crippen LogP contribution in [0.2, 0.25) is 0 Å². The van der Waals surface area contributed by atoms with Gasteiger partial charge in [-0.2, -0.15) is 0 Å². The zero-order valence-corrected chi connectivity index (χ0v) is 13.7. The molecule has 2 aromatic rings. The number of halogens is 1. The van der Waals surface area contributed by atoms with Crippen LogP contribution in [0.15, 0.2) is 51.9 Å². The van der Waals surface area contributed by atoms with E-state index in [9.17, 15) is 14.7 Å². The highest BCUT2D eigenvalue weighted by Crippen LogP contribution is 2.12. The molecule has 1 aromatic carbocycles. The number of hydrogen-bond donors (Lipinski definition) is 2. The number of aliphatic hydroxyl groups is 1. The van der Waals surface area contributed by atoms with Crippen molar-refractivity contribution in [3.05, 3.63) is 68.5 Å². The first-order chi connectivity index (χ1) is 10.5. The summed E-state index contributed by atoms with van der Waals surface area (Å²) in [6.07, 6.45) is 0.780. The van der Waals surface area contributed by atoms with E-state index >= 15 is 0 Å². The Kier molecular flexibility index (Phi) is 5.51. The molecule has 0 aliphatic heterocycles. The van der Waals surface area contributed by atoms with Crippen LogP contribution in [0.3, 0.4) is 0 Å². The first-order valence-electron chi connectivity index (χ1n) is 6.83. The molecule has 2 rings (SSSR count). The molecule has 1 amide bonds. The molecule has 6 heteroatoms. The fourth-order valence-corrected chi connectivity index (χ4v) is 2.33. The van der Waals surface area contributed by atoms with Crippen molar-refractivity contribution in [2.75, 3.05) is 6.54 Å². The van der Waals surface area contributed by atoms with Gasteiger partial charge in [0.1, 0.15) is 6.54 Å². The molecule has 22 heavy (non-hydrogen) atoms. The van der Waals surface area contributed by atoms with E-state index in [-0.39, 0.29) is 24.6 Å². The highest BCUT2D eigenvalue weighted by atomic mass is 79.9. The molecule has 116 valence electrons. The molecular weight excluding hydrogens is 348 g/mol. The third-order valence-corrected chi connectivity index (χ3v) is 3.69. The van der Waals surface area contributed by atoms with Gasteiger partial charge in [-0.25, -0.2) is 0 Å². The summed E-state index contributed by atoms with van der Waals surface area (Å²) in [5.41, 5.74) is 1.59. The minimum Gasteiger partial charge on any atom is -0.387 e. The van der Waals surface area contributed by atoms with Gasteiger partial charge in [0.05, 0.1) is 6.10 Å². The molecule has 0 saturated heterocycles. The zero-order valence-electron chi connectivity index (χ0n) is 12.1. The molecule has 1 atom stereocenters. The van der Waals surface area contributed by atoms with Crippen LogP contribution in [-0.4, -0.2) is 22.1 Å². The Labute approximate surface area is 136 Å². The van der Waals surface area contributed by atoms with Gasteiger partial charge in [0.15, 0.2) is 0 Å². The van der Waals surface area contributed by atoms with Crippen molar-refractivity contribution < 1.29 is 9.90 Å². The fourth-order valence-electron chi connectivity index (χ4n) is 1.95. The maximum absolute atomic E-state index is 11.9. The molecule has 0 fully saturated rings. The predicted molar refractivity (Wildman–Crippen MR) is 87.6 cm³/mol. The molecule has 0 radical (unpaired) electrons. The summed E-state index contributed by atoms with van der Waals surface area (Å²) in [6, 6.07) is 10.5. The van der Waals surface area contributed by atoms with Gasteiger partial charge in [0.2, 0.25) is 5.91 Å². The molecule has 0 spiro atoms. The number of nitrogens with one attached hydrogen (secondary N) is 1. The highest BCUT2D eigenvalue weighted by Gasteiger charge is 2.10. The number of amides is 1. The number of hydrogen-bond acceptors (Lipinski definition) is 3. The van der Waals surface area contributed by atoms with E-state index < -0.39 is 6.10 Å². The topological polar surface area (TPSA) is 71.3 Å². The summed E-state index contributed by atoms with van der Waals surface area (Å²) in [6.45, 7) is 1.98. The van der Waals surface area contributed by atoms with E-state index in [2.05, 4.69) is 21.2 Å². The van der Waals surface area contributed by atoms with Crippen LogP contribution >= 0.6 is 15.9 Å². The Morgan fingerprint density at radius 3 is 2.64 bits per heavy atom. The average molecular weight is 365 g/mol. The quantitative estimate of drug-likeness (QED) is 0.849. The van der Waals surface area contributed by atoms with Crippen LogP contribution in [0.4, 0.5) is 0 Å². The van der Waals surface area contributed by atoms with E-state index in [1.165, 1.54) is 10.6 Å². The number of carbonyl (C=O) groups is 1. The Morgan fingerprint density at radius 2 is 1.95 bits per heavy atom. The summed E-state index contributed by atoms with van der Waals surface area (Å²) >= 11 is 3.25. The maximum Gasteiger partial charge on any atom is 0.251 e. The van der Waals surface area contributed by atoms with Gasteiger partial charge in [0.25, 0.3) is 5.56 Å². The second kappa shape index (κ2) is 7.38. The summed E-state index contributed by atoms with van der Waals surface area (Å²) in [4.78, 5) is 23.5. The van der Waals surface area contributed by atoms with E-state index in [0.717, 1.165) is 15.6 Å². The molecule has 0 unspecified atom stereocenters. The first kappa shape index (κ1) is 16.5. The monoisotopic (exact) mass is 364 g/mol. The van der Waals surface area contributed by atoms with Crippen molar-refractivity contribution in [1.82, 2.24) is 9.88 Å². The van der Waals surface area contributed by atoms with Crippen molar-refractivity contribution >= 4 is 21.8 Å². The van der Waals surface area contributed by atoms with Gasteiger partial charge < -0.3 is 15.0 Å². The van der Waals surface area contributed by atoms with Gasteiger partial charge in [-0.3, -0.25) is 9.59 Å². The Balaban J connectivity index is 1.91. The Bertz CT molecular complexity index is 710. The number of aryl methyl sites for hydroxylation is 1. The van der Waals surface area contributed by atoms with Crippen LogP contribution in [0.1, 0.15) is 17.2 Å². The molecule has 0 bridgehead atoms. The largest absolute Gasteiger partial charge is 0.387 e. The van der Waals surface area contributed by atoms with Gasteiger partial charge >= 0.3 is 0 Å². The molecule has 2 N–H and O–H groups in total. The molecule has 0 saturated carbocycles. The van der Waals surface area contributed by atoms with Crippen LogP contribution in [-0.2, 0) is 11.3 Å². The normalized spacial score (nSPS) is 12.0. The summed E-state index contributed by atoms with van der Waals surface area (Å²) < 4.78 is 2.03. The fraction of sp³-hybridized carbons (Fsp3) is 0.250.